The van der Waals surface area contributed by atoms with E-state index in [1.165, 1.54) is 37.9 Å². The summed E-state index contributed by atoms with van der Waals surface area (Å²) in [6, 6.07) is 8.85. The van der Waals surface area contributed by atoms with Crippen LogP contribution in [0.5, 0.6) is 0 Å². The summed E-state index contributed by atoms with van der Waals surface area (Å²) in [6.45, 7) is 4.77. The molecule has 0 saturated carbocycles. The van der Waals surface area contributed by atoms with Crippen molar-refractivity contribution in [2.75, 3.05) is 26.7 Å². The van der Waals surface area contributed by atoms with E-state index < -0.39 is 0 Å². The van der Waals surface area contributed by atoms with E-state index in [-0.39, 0.29) is 0 Å². The summed E-state index contributed by atoms with van der Waals surface area (Å²) in [5.74, 6) is 0. The predicted molar refractivity (Wildman–Crippen MR) is 68.6 cm³/mol. The van der Waals surface area contributed by atoms with Crippen LogP contribution < -0.4 is 5.32 Å². The minimum absolute atomic E-state index is 1.14. The Morgan fingerprint density at radius 3 is 2.81 bits per heavy atom. The molecule has 2 heteroatoms. The fraction of sp³-hybridized carbons (Fsp3) is 0.571. The second-order valence-electron chi connectivity index (χ2n) is 4.61. The largest absolute Gasteiger partial charge is 0.320 e. The standard InChI is InChI=1S/C14H22N2/c1-15-9-4-5-10-16-11-8-13-6-2-3-7-14(13)12-16/h2-3,6-7,15H,4-5,8-12H2,1H3. The Balaban J connectivity index is 1.79. The predicted octanol–water partition coefficient (Wildman–Crippen LogP) is 2.04. The Morgan fingerprint density at radius 1 is 1.19 bits per heavy atom. The molecule has 0 radical (unpaired) electrons. The number of rotatable bonds is 5. The number of unbranched alkanes of at least 4 members (excludes halogenated alkanes) is 1. The highest BCUT2D eigenvalue weighted by molar-refractivity contribution is 5.28. The second kappa shape index (κ2) is 6.02. The molecule has 2 rings (SSSR count). The SMILES string of the molecule is CNCCCCN1CCc2ccccc2C1. The molecular weight excluding hydrogens is 196 g/mol. The van der Waals surface area contributed by atoms with Gasteiger partial charge in [-0.15, -0.1) is 0 Å². The summed E-state index contributed by atoms with van der Waals surface area (Å²) < 4.78 is 0. The van der Waals surface area contributed by atoms with Gasteiger partial charge < -0.3 is 5.32 Å². The van der Waals surface area contributed by atoms with Crippen molar-refractivity contribution in [3.8, 4) is 0 Å². The first-order valence-electron chi connectivity index (χ1n) is 6.34. The van der Waals surface area contributed by atoms with E-state index in [2.05, 4.69) is 34.5 Å². The molecule has 0 atom stereocenters. The van der Waals surface area contributed by atoms with Gasteiger partial charge >= 0.3 is 0 Å². The molecule has 1 N–H and O–H groups in total. The summed E-state index contributed by atoms with van der Waals surface area (Å²) in [5.41, 5.74) is 3.08. The fourth-order valence-corrected chi connectivity index (χ4v) is 2.38. The van der Waals surface area contributed by atoms with Gasteiger partial charge in [0.2, 0.25) is 0 Å². The van der Waals surface area contributed by atoms with Gasteiger partial charge in [-0.2, -0.15) is 0 Å². The maximum Gasteiger partial charge on any atom is 0.0236 e. The molecular formula is C14H22N2. The summed E-state index contributed by atoms with van der Waals surface area (Å²) >= 11 is 0. The molecule has 0 unspecified atom stereocenters. The van der Waals surface area contributed by atoms with Crippen LogP contribution in [0.3, 0.4) is 0 Å². The molecule has 0 aromatic heterocycles. The summed E-state index contributed by atoms with van der Waals surface area (Å²) in [7, 11) is 2.02. The van der Waals surface area contributed by atoms with Crippen LogP contribution in [0.1, 0.15) is 24.0 Å². The van der Waals surface area contributed by atoms with Crippen molar-refractivity contribution in [1.29, 1.82) is 0 Å². The zero-order valence-electron chi connectivity index (χ0n) is 10.2. The number of hydrogen-bond donors (Lipinski definition) is 1. The first kappa shape index (κ1) is 11.6. The molecule has 0 bridgehead atoms. The van der Waals surface area contributed by atoms with Crippen molar-refractivity contribution < 1.29 is 0 Å². The highest BCUT2D eigenvalue weighted by atomic mass is 15.1. The van der Waals surface area contributed by atoms with Gasteiger partial charge in [-0.25, -0.2) is 0 Å². The van der Waals surface area contributed by atoms with Gasteiger partial charge in [-0.1, -0.05) is 24.3 Å². The van der Waals surface area contributed by atoms with Crippen molar-refractivity contribution in [2.24, 2.45) is 0 Å². The number of nitrogens with one attached hydrogen (secondary N) is 1. The molecule has 1 aromatic carbocycles. The minimum Gasteiger partial charge on any atom is -0.320 e. The van der Waals surface area contributed by atoms with Crippen LogP contribution >= 0.6 is 0 Å². The van der Waals surface area contributed by atoms with E-state index in [1.54, 1.807) is 5.56 Å². The third-order valence-electron chi connectivity index (χ3n) is 3.36. The van der Waals surface area contributed by atoms with E-state index in [0.717, 1.165) is 13.1 Å². The van der Waals surface area contributed by atoms with E-state index in [4.69, 9.17) is 0 Å². The third kappa shape index (κ3) is 3.06. The lowest BCUT2D eigenvalue weighted by Crippen LogP contribution is -2.31. The first-order valence-corrected chi connectivity index (χ1v) is 6.34. The molecule has 0 aliphatic carbocycles. The van der Waals surface area contributed by atoms with Crippen molar-refractivity contribution in [2.45, 2.75) is 25.8 Å². The Kier molecular flexibility index (Phi) is 4.37. The maximum absolute atomic E-state index is 3.20. The molecule has 0 amide bonds. The van der Waals surface area contributed by atoms with Crippen LogP contribution in [0.2, 0.25) is 0 Å². The fourth-order valence-electron chi connectivity index (χ4n) is 2.38. The van der Waals surface area contributed by atoms with Crippen LogP contribution in [0.4, 0.5) is 0 Å². The molecule has 2 nitrogen and oxygen atoms in total. The van der Waals surface area contributed by atoms with E-state index >= 15 is 0 Å². The monoisotopic (exact) mass is 218 g/mol. The first-order chi connectivity index (χ1) is 7.90. The molecule has 0 spiro atoms. The zero-order chi connectivity index (χ0) is 11.2. The zero-order valence-corrected chi connectivity index (χ0v) is 10.2. The molecule has 16 heavy (non-hydrogen) atoms. The van der Waals surface area contributed by atoms with Crippen LogP contribution in [-0.4, -0.2) is 31.6 Å². The molecule has 0 saturated heterocycles. The lowest BCUT2D eigenvalue weighted by molar-refractivity contribution is 0.249. The maximum atomic E-state index is 3.20. The minimum atomic E-state index is 1.14. The summed E-state index contributed by atoms with van der Waals surface area (Å²) in [5, 5.41) is 3.20. The van der Waals surface area contributed by atoms with Crippen LogP contribution in [-0.2, 0) is 13.0 Å². The number of nitrogens with zero attached hydrogens (tertiary/aromatic N) is 1. The van der Waals surface area contributed by atoms with E-state index in [1.807, 2.05) is 7.05 Å². The Labute approximate surface area is 98.7 Å². The van der Waals surface area contributed by atoms with Crippen molar-refractivity contribution in [1.82, 2.24) is 10.2 Å². The van der Waals surface area contributed by atoms with Crippen molar-refractivity contribution in [3.05, 3.63) is 35.4 Å². The van der Waals surface area contributed by atoms with Crippen LogP contribution in [0.15, 0.2) is 24.3 Å². The van der Waals surface area contributed by atoms with Gasteiger partial charge in [-0.3, -0.25) is 4.90 Å². The average molecular weight is 218 g/mol. The van der Waals surface area contributed by atoms with E-state index in [9.17, 15) is 0 Å². The second-order valence-corrected chi connectivity index (χ2v) is 4.61. The molecule has 1 aliphatic heterocycles. The van der Waals surface area contributed by atoms with Gasteiger partial charge in [0.25, 0.3) is 0 Å². The molecule has 88 valence electrons. The quantitative estimate of drug-likeness (QED) is 0.761. The topological polar surface area (TPSA) is 15.3 Å². The third-order valence-corrected chi connectivity index (χ3v) is 3.36. The van der Waals surface area contributed by atoms with Gasteiger partial charge in [0.1, 0.15) is 0 Å². The van der Waals surface area contributed by atoms with Crippen LogP contribution in [0, 0.1) is 0 Å². The number of benzene rings is 1. The highest BCUT2D eigenvalue weighted by Gasteiger charge is 2.14. The summed E-state index contributed by atoms with van der Waals surface area (Å²) in [4.78, 5) is 2.58. The van der Waals surface area contributed by atoms with Gasteiger partial charge in [0.05, 0.1) is 0 Å². The van der Waals surface area contributed by atoms with Gasteiger partial charge in [0.15, 0.2) is 0 Å². The highest BCUT2D eigenvalue weighted by Crippen LogP contribution is 2.18. The van der Waals surface area contributed by atoms with Crippen LogP contribution in [0.25, 0.3) is 0 Å². The Morgan fingerprint density at radius 2 is 2.00 bits per heavy atom. The van der Waals surface area contributed by atoms with Crippen molar-refractivity contribution in [3.63, 3.8) is 0 Å². The molecule has 1 aliphatic rings. The number of fused-ring (bicyclic) bond motifs is 1. The Hall–Kier alpha value is -0.860. The molecule has 1 aromatic rings. The number of hydrogen-bond acceptors (Lipinski definition) is 2. The normalized spacial score (nSPS) is 16.1. The van der Waals surface area contributed by atoms with Crippen molar-refractivity contribution >= 4 is 0 Å². The smallest absolute Gasteiger partial charge is 0.0236 e. The molecule has 0 fully saturated rings. The van der Waals surface area contributed by atoms with Gasteiger partial charge in [0, 0.05) is 13.1 Å². The molecule has 1 heterocycles. The van der Waals surface area contributed by atoms with E-state index in [0.29, 0.717) is 0 Å². The lowest BCUT2D eigenvalue weighted by atomic mass is 10.00. The summed E-state index contributed by atoms with van der Waals surface area (Å²) in [6.07, 6.45) is 3.82. The van der Waals surface area contributed by atoms with Gasteiger partial charge in [-0.05, 0) is 50.5 Å². The average Bonchev–Trinajstić information content (AvgIpc) is 2.34. The lowest BCUT2D eigenvalue weighted by Gasteiger charge is -2.28. The Bertz CT molecular complexity index is 322.